The van der Waals surface area contributed by atoms with Gasteiger partial charge in [-0.1, -0.05) is 42.6 Å². The van der Waals surface area contributed by atoms with E-state index in [9.17, 15) is 29.4 Å². The van der Waals surface area contributed by atoms with E-state index in [1.54, 1.807) is 18.3 Å². The highest BCUT2D eigenvalue weighted by molar-refractivity contribution is 6.31. The van der Waals surface area contributed by atoms with Gasteiger partial charge in [0.05, 0.1) is 11.7 Å². The smallest absolute Gasteiger partial charge is 0.323 e. The van der Waals surface area contributed by atoms with E-state index < -0.39 is 36.5 Å². The third-order valence-electron chi connectivity index (χ3n) is 9.69. The van der Waals surface area contributed by atoms with Crippen LogP contribution in [0.15, 0.2) is 67.0 Å². The first-order valence-corrected chi connectivity index (χ1v) is 18.6. The summed E-state index contributed by atoms with van der Waals surface area (Å²) in [6.07, 6.45) is 9.85. The lowest BCUT2D eigenvalue weighted by Gasteiger charge is -2.26. The number of nitrogens with zero attached hydrogens (tertiary/aromatic N) is 3. The molecule has 4 aromatic rings. The molecule has 5 rings (SSSR count). The minimum absolute atomic E-state index is 0.228. The molecule has 2 aromatic heterocycles. The van der Waals surface area contributed by atoms with Crippen LogP contribution in [0.2, 0.25) is 5.02 Å². The van der Waals surface area contributed by atoms with E-state index in [0.29, 0.717) is 62.3 Å². The lowest BCUT2D eigenvalue weighted by Crippen LogP contribution is -2.52. The van der Waals surface area contributed by atoms with Crippen molar-refractivity contribution in [2.45, 2.75) is 76.3 Å². The second kappa shape index (κ2) is 19.3. The average Bonchev–Trinajstić information content (AvgIpc) is 3.34. The first-order chi connectivity index (χ1) is 25.6. The predicted molar refractivity (Wildman–Crippen MR) is 204 cm³/mol. The Morgan fingerprint density at radius 2 is 1.85 bits per heavy atom. The molecule has 0 aliphatic carbocycles. The van der Waals surface area contributed by atoms with E-state index in [0.717, 1.165) is 53.4 Å². The summed E-state index contributed by atoms with van der Waals surface area (Å²) in [6, 6.07) is 15.4. The summed E-state index contributed by atoms with van der Waals surface area (Å²) in [5.74, 6) is -2.87. The van der Waals surface area contributed by atoms with Gasteiger partial charge in [-0.05, 0) is 99.0 Å². The highest BCUT2D eigenvalue weighted by atomic mass is 35.5. The number of hydrogen-bond donors (Lipinski definition) is 4. The highest BCUT2D eigenvalue weighted by Crippen LogP contribution is 2.35. The van der Waals surface area contributed by atoms with Crippen LogP contribution in [0.5, 0.6) is 0 Å². The Labute approximate surface area is 314 Å². The van der Waals surface area contributed by atoms with Crippen molar-refractivity contribution in [1.29, 1.82) is 0 Å². The van der Waals surface area contributed by atoms with Crippen LogP contribution in [0.3, 0.4) is 0 Å². The number of benzene rings is 2. The van der Waals surface area contributed by atoms with Crippen molar-refractivity contribution in [3.05, 3.63) is 83.1 Å². The molecule has 1 amide bonds. The van der Waals surface area contributed by atoms with Crippen LogP contribution in [-0.4, -0.2) is 81.9 Å². The van der Waals surface area contributed by atoms with Crippen molar-refractivity contribution in [3.8, 4) is 11.3 Å². The number of nitrogens with one attached hydrogen (secondary N) is 2. The molecule has 53 heavy (non-hydrogen) atoms. The van der Waals surface area contributed by atoms with Crippen LogP contribution in [0.4, 0.5) is 5.69 Å². The number of amides is 1. The number of aliphatic carboxylic acids is 2. The molecule has 0 spiro atoms. The van der Waals surface area contributed by atoms with Crippen molar-refractivity contribution >= 4 is 52.0 Å². The Balaban J connectivity index is 0.967. The van der Waals surface area contributed by atoms with Crippen LogP contribution in [-0.2, 0) is 43.8 Å². The summed E-state index contributed by atoms with van der Waals surface area (Å²) in [4.78, 5) is 54.8. The number of fused-ring (bicyclic) bond motifs is 2. The number of esters is 1. The first-order valence-electron chi connectivity index (χ1n) is 18.3. The van der Waals surface area contributed by atoms with E-state index in [-0.39, 0.29) is 12.6 Å². The SMILES string of the molecule is Cn1c(-c2cccnc2)c(CCCCCC(=O)OCCNCCCC[C@H](N[C@H]2CCc3ccccc3N(CC(=O)O)C2=O)C(=O)O)c2cc(Cl)ccc21. The van der Waals surface area contributed by atoms with Crippen molar-refractivity contribution in [1.82, 2.24) is 20.2 Å². The van der Waals surface area contributed by atoms with Gasteiger partial charge < -0.3 is 24.8 Å². The number of carbonyl (C=O) groups is 4. The quantitative estimate of drug-likeness (QED) is 0.0645. The molecule has 0 unspecified atom stereocenters. The largest absolute Gasteiger partial charge is 0.480 e. The topological polar surface area (TPSA) is 163 Å². The summed E-state index contributed by atoms with van der Waals surface area (Å²) in [5, 5.41) is 27.3. The van der Waals surface area contributed by atoms with E-state index in [2.05, 4.69) is 33.3 Å². The van der Waals surface area contributed by atoms with E-state index in [1.165, 1.54) is 10.5 Å². The number of anilines is 1. The van der Waals surface area contributed by atoms with Gasteiger partial charge in [0, 0.05) is 59.6 Å². The van der Waals surface area contributed by atoms with E-state index >= 15 is 0 Å². The van der Waals surface area contributed by atoms with Crippen LogP contribution >= 0.6 is 11.6 Å². The van der Waals surface area contributed by atoms with Crippen molar-refractivity contribution in [2.24, 2.45) is 7.05 Å². The molecule has 12 nitrogen and oxygen atoms in total. The third-order valence-corrected chi connectivity index (χ3v) is 9.93. The van der Waals surface area contributed by atoms with Crippen LogP contribution in [0.1, 0.15) is 62.5 Å². The van der Waals surface area contributed by atoms with Crippen molar-refractivity contribution in [3.63, 3.8) is 0 Å². The number of carboxylic acid groups (broad SMARTS) is 2. The number of halogens is 1. The standard InChI is InChI=1S/C40H48ClN5O7/c1-45-35-19-17-29(41)24-31(35)30(38(45)28-11-9-21-43-25-28)12-3-2-4-15-37(49)53-23-22-42-20-8-7-13-33(40(51)52)44-32-18-16-27-10-5-6-14-34(27)46(39(32)50)26-36(47)48/h5-6,9-11,14,17,19,21,24-25,32-33,42,44H,2-4,7-8,12-13,15-16,18,20,22-23,26H2,1H3,(H,47,48)(H,51,52)/t32-,33-/m0/s1. The number of pyridine rings is 1. The van der Waals surface area contributed by atoms with E-state index in [1.807, 2.05) is 42.6 Å². The third kappa shape index (κ3) is 10.6. The van der Waals surface area contributed by atoms with Crippen LogP contribution in [0.25, 0.3) is 22.2 Å². The highest BCUT2D eigenvalue weighted by Gasteiger charge is 2.34. The van der Waals surface area contributed by atoms with Crippen LogP contribution in [0, 0.1) is 0 Å². The Hall–Kier alpha value is -4.78. The minimum Gasteiger partial charge on any atom is -0.480 e. The molecule has 2 aromatic carbocycles. The number of rotatable bonds is 20. The summed E-state index contributed by atoms with van der Waals surface area (Å²) in [7, 11) is 2.06. The Morgan fingerprint density at radius 3 is 2.62 bits per heavy atom. The fraction of sp³-hybridized carbons (Fsp3) is 0.425. The maximum Gasteiger partial charge on any atom is 0.323 e. The summed E-state index contributed by atoms with van der Waals surface area (Å²) in [6.45, 7) is 0.866. The maximum atomic E-state index is 13.3. The lowest BCUT2D eigenvalue weighted by molar-refractivity contribution is -0.143. The molecule has 3 heterocycles. The van der Waals surface area contributed by atoms with Gasteiger partial charge in [-0.25, -0.2) is 0 Å². The summed E-state index contributed by atoms with van der Waals surface area (Å²) < 4.78 is 7.60. The van der Waals surface area contributed by atoms with Gasteiger partial charge in [0.1, 0.15) is 19.2 Å². The molecule has 2 atom stereocenters. The molecular weight excluding hydrogens is 698 g/mol. The van der Waals surface area contributed by atoms with E-state index in [4.69, 9.17) is 16.3 Å². The lowest BCUT2D eigenvalue weighted by atomic mass is 10.00. The first kappa shape index (κ1) is 39.4. The Morgan fingerprint density at radius 1 is 1.02 bits per heavy atom. The predicted octanol–water partition coefficient (Wildman–Crippen LogP) is 5.78. The molecule has 0 fully saturated rings. The zero-order chi connectivity index (χ0) is 37.7. The molecule has 0 saturated heterocycles. The van der Waals surface area contributed by atoms with Gasteiger partial charge in [0.15, 0.2) is 0 Å². The number of unbranched alkanes of at least 4 members (excludes halogenated alkanes) is 3. The van der Waals surface area contributed by atoms with Crippen molar-refractivity contribution in [2.75, 3.05) is 31.1 Å². The fourth-order valence-corrected chi connectivity index (χ4v) is 7.26. The number of para-hydroxylation sites is 1. The number of aromatic nitrogens is 2. The van der Waals surface area contributed by atoms with Gasteiger partial charge >= 0.3 is 17.9 Å². The Bertz CT molecular complexity index is 1880. The molecule has 0 bridgehead atoms. The zero-order valence-electron chi connectivity index (χ0n) is 30.1. The van der Waals surface area contributed by atoms with Gasteiger partial charge in [0.2, 0.25) is 5.91 Å². The molecule has 282 valence electrons. The minimum atomic E-state index is -1.14. The van der Waals surface area contributed by atoms with Gasteiger partial charge in [-0.2, -0.15) is 0 Å². The molecule has 1 aliphatic heterocycles. The number of carboxylic acids is 2. The number of carbonyl (C=O) groups excluding carboxylic acids is 2. The second-order valence-corrected chi connectivity index (χ2v) is 13.8. The second-order valence-electron chi connectivity index (χ2n) is 13.4. The molecule has 0 radical (unpaired) electrons. The maximum absolute atomic E-state index is 13.3. The molecule has 0 saturated carbocycles. The summed E-state index contributed by atoms with van der Waals surface area (Å²) >= 11 is 6.36. The van der Waals surface area contributed by atoms with Gasteiger partial charge in [-0.15, -0.1) is 0 Å². The molecular formula is C40H48ClN5O7. The molecule has 1 aliphatic rings. The monoisotopic (exact) mass is 745 g/mol. The fourth-order valence-electron chi connectivity index (χ4n) is 7.09. The normalized spacial score (nSPS) is 14.9. The average molecular weight is 746 g/mol. The number of aryl methyl sites for hydroxylation is 3. The molecule has 13 heteroatoms. The van der Waals surface area contributed by atoms with Crippen LogP contribution < -0.4 is 15.5 Å². The summed E-state index contributed by atoms with van der Waals surface area (Å²) in [5.41, 5.74) is 5.92. The zero-order valence-corrected chi connectivity index (χ0v) is 30.8. The number of ether oxygens (including phenoxy) is 1. The van der Waals surface area contributed by atoms with Crippen molar-refractivity contribution < 1.29 is 34.1 Å². The number of hydrogen-bond acceptors (Lipinski definition) is 8. The molecule has 4 N–H and O–H groups in total. The Kier molecular flexibility index (Phi) is 14.4. The van der Waals surface area contributed by atoms with Gasteiger partial charge in [0.25, 0.3) is 0 Å². The van der Waals surface area contributed by atoms with Gasteiger partial charge in [-0.3, -0.25) is 34.4 Å².